The molecule has 0 radical (unpaired) electrons. The second kappa shape index (κ2) is 7.90. The minimum atomic E-state index is -1.32. The van der Waals surface area contributed by atoms with Crippen molar-refractivity contribution < 1.29 is 14.7 Å². The van der Waals surface area contributed by atoms with Crippen LogP contribution in [-0.2, 0) is 4.79 Å². The van der Waals surface area contributed by atoms with Gasteiger partial charge in [-0.05, 0) is 17.7 Å². The number of nitrogens with zero attached hydrogens (tertiary/aromatic N) is 1. The number of hydrogen-bond donors (Lipinski definition) is 3. The molecule has 6 heteroatoms. The summed E-state index contributed by atoms with van der Waals surface area (Å²) in [5, 5.41) is 23.7. The summed E-state index contributed by atoms with van der Waals surface area (Å²) in [6, 6.07) is 16.0. The van der Waals surface area contributed by atoms with Crippen LogP contribution >= 0.6 is 0 Å². The van der Waals surface area contributed by atoms with Crippen LogP contribution < -0.4 is 10.6 Å². The Morgan fingerprint density at radius 1 is 1.12 bits per heavy atom. The summed E-state index contributed by atoms with van der Waals surface area (Å²) in [6.07, 6.45) is -1.32. The molecule has 2 aromatic rings. The number of benzene rings is 2. The Kier molecular flexibility index (Phi) is 5.66. The number of carbonyl (C=O) groups is 2. The van der Waals surface area contributed by atoms with E-state index in [1.165, 1.54) is 7.05 Å². The topological polar surface area (TPSA) is 102 Å². The van der Waals surface area contributed by atoms with Crippen molar-refractivity contribution in [1.29, 1.82) is 5.26 Å². The molecule has 3 N–H and O–H groups in total. The predicted molar refractivity (Wildman–Crippen MR) is 89.0 cm³/mol. The standard InChI is InChI=1S/C18H17N3O3/c1-20-18(24)16(22)11-21-17(23)15-9-5-4-8-14(15)13-7-3-2-6-12(13)10-19/h2-9,16,22H,11H2,1H3,(H,20,24)(H,21,23). The highest BCUT2D eigenvalue weighted by Gasteiger charge is 2.18. The van der Waals surface area contributed by atoms with Crippen LogP contribution in [0.4, 0.5) is 0 Å². The highest BCUT2D eigenvalue weighted by Crippen LogP contribution is 2.26. The molecule has 1 atom stereocenters. The summed E-state index contributed by atoms with van der Waals surface area (Å²) in [5.41, 5.74) is 2.09. The molecule has 2 aromatic carbocycles. The van der Waals surface area contributed by atoms with Crippen molar-refractivity contribution in [3.63, 3.8) is 0 Å². The molecular formula is C18H17N3O3. The van der Waals surface area contributed by atoms with Crippen LogP contribution in [0.1, 0.15) is 15.9 Å². The van der Waals surface area contributed by atoms with Crippen molar-refractivity contribution in [1.82, 2.24) is 10.6 Å². The Labute approximate surface area is 139 Å². The largest absolute Gasteiger partial charge is 0.381 e. The molecule has 2 rings (SSSR count). The smallest absolute Gasteiger partial charge is 0.252 e. The summed E-state index contributed by atoms with van der Waals surface area (Å²) in [7, 11) is 1.40. The predicted octanol–water partition coefficient (Wildman–Crippen LogP) is 1.06. The summed E-state index contributed by atoms with van der Waals surface area (Å²) >= 11 is 0. The van der Waals surface area contributed by atoms with Crippen LogP contribution in [0, 0.1) is 11.3 Å². The number of nitrogens with one attached hydrogen (secondary N) is 2. The average Bonchev–Trinajstić information content (AvgIpc) is 2.64. The first-order valence-corrected chi connectivity index (χ1v) is 7.35. The molecule has 0 aliphatic heterocycles. The van der Waals surface area contributed by atoms with E-state index < -0.39 is 17.9 Å². The molecule has 0 saturated heterocycles. The third-order valence-corrected chi connectivity index (χ3v) is 3.51. The average molecular weight is 323 g/mol. The molecule has 0 fully saturated rings. The van der Waals surface area contributed by atoms with Crippen LogP contribution in [0.2, 0.25) is 0 Å². The highest BCUT2D eigenvalue weighted by molar-refractivity contribution is 6.01. The Bertz CT molecular complexity index is 796. The normalized spacial score (nSPS) is 11.2. The highest BCUT2D eigenvalue weighted by atomic mass is 16.3. The van der Waals surface area contributed by atoms with E-state index in [9.17, 15) is 20.0 Å². The fourth-order valence-electron chi connectivity index (χ4n) is 2.28. The van der Waals surface area contributed by atoms with E-state index in [0.29, 0.717) is 22.3 Å². The number of aliphatic hydroxyl groups excluding tert-OH is 1. The number of amides is 2. The van der Waals surface area contributed by atoms with Crippen molar-refractivity contribution >= 4 is 11.8 Å². The van der Waals surface area contributed by atoms with Crippen molar-refractivity contribution in [3.05, 3.63) is 59.7 Å². The third-order valence-electron chi connectivity index (χ3n) is 3.51. The van der Waals surface area contributed by atoms with Gasteiger partial charge in [-0.3, -0.25) is 9.59 Å². The molecule has 0 bridgehead atoms. The number of aliphatic hydroxyl groups is 1. The van der Waals surface area contributed by atoms with Crippen LogP contribution in [0.15, 0.2) is 48.5 Å². The number of hydrogen-bond acceptors (Lipinski definition) is 4. The van der Waals surface area contributed by atoms with Gasteiger partial charge in [0.05, 0.1) is 18.2 Å². The van der Waals surface area contributed by atoms with Gasteiger partial charge >= 0.3 is 0 Å². The lowest BCUT2D eigenvalue weighted by atomic mass is 9.95. The molecule has 24 heavy (non-hydrogen) atoms. The number of rotatable bonds is 5. The van der Waals surface area contributed by atoms with E-state index >= 15 is 0 Å². The molecule has 1 unspecified atom stereocenters. The van der Waals surface area contributed by atoms with Gasteiger partial charge < -0.3 is 15.7 Å². The second-order valence-electron chi connectivity index (χ2n) is 5.04. The van der Waals surface area contributed by atoms with Gasteiger partial charge in [0.2, 0.25) is 5.91 Å². The van der Waals surface area contributed by atoms with Gasteiger partial charge in [0.1, 0.15) is 6.10 Å². The molecule has 0 spiro atoms. The molecule has 2 amide bonds. The van der Waals surface area contributed by atoms with E-state index in [2.05, 4.69) is 16.7 Å². The van der Waals surface area contributed by atoms with Gasteiger partial charge in [-0.1, -0.05) is 36.4 Å². The van der Waals surface area contributed by atoms with Crippen molar-refractivity contribution in [2.75, 3.05) is 13.6 Å². The van der Waals surface area contributed by atoms with Gasteiger partial charge in [0.25, 0.3) is 5.91 Å². The SMILES string of the molecule is CNC(=O)C(O)CNC(=O)c1ccccc1-c1ccccc1C#N. The fraction of sp³-hybridized carbons (Fsp3) is 0.167. The molecule has 122 valence electrons. The van der Waals surface area contributed by atoms with Gasteiger partial charge in [-0.25, -0.2) is 0 Å². The molecule has 0 aromatic heterocycles. The lowest BCUT2D eigenvalue weighted by molar-refractivity contribution is -0.128. The first-order valence-electron chi connectivity index (χ1n) is 7.35. The number of likely N-dealkylation sites (N-methyl/N-ethyl adjacent to an activating group) is 1. The summed E-state index contributed by atoms with van der Waals surface area (Å²) in [5.74, 6) is -1.00. The molecule has 0 aliphatic carbocycles. The van der Waals surface area contributed by atoms with Crippen molar-refractivity contribution in [2.24, 2.45) is 0 Å². The van der Waals surface area contributed by atoms with E-state index in [0.717, 1.165) is 0 Å². The Morgan fingerprint density at radius 2 is 1.75 bits per heavy atom. The molecular weight excluding hydrogens is 306 g/mol. The quantitative estimate of drug-likeness (QED) is 0.765. The molecule has 0 aliphatic rings. The monoisotopic (exact) mass is 323 g/mol. The zero-order valence-corrected chi connectivity index (χ0v) is 13.1. The van der Waals surface area contributed by atoms with Crippen LogP contribution in [0.25, 0.3) is 11.1 Å². The molecule has 6 nitrogen and oxygen atoms in total. The summed E-state index contributed by atoms with van der Waals surface area (Å²) in [6.45, 7) is -0.202. The zero-order chi connectivity index (χ0) is 17.5. The van der Waals surface area contributed by atoms with Gasteiger partial charge in [-0.15, -0.1) is 0 Å². The van der Waals surface area contributed by atoms with E-state index in [4.69, 9.17) is 0 Å². The minimum absolute atomic E-state index is 0.202. The van der Waals surface area contributed by atoms with Crippen LogP contribution in [0.3, 0.4) is 0 Å². The van der Waals surface area contributed by atoms with E-state index in [1.807, 2.05) is 0 Å². The Morgan fingerprint density at radius 3 is 2.42 bits per heavy atom. The maximum atomic E-state index is 12.4. The maximum Gasteiger partial charge on any atom is 0.252 e. The van der Waals surface area contributed by atoms with Gasteiger partial charge in [0.15, 0.2) is 0 Å². The Hall–Kier alpha value is -3.17. The first-order chi connectivity index (χ1) is 11.6. The lowest BCUT2D eigenvalue weighted by Crippen LogP contribution is -2.41. The molecule has 0 saturated carbocycles. The summed E-state index contributed by atoms with van der Waals surface area (Å²) in [4.78, 5) is 23.7. The lowest BCUT2D eigenvalue weighted by Gasteiger charge is -2.13. The maximum absolute atomic E-state index is 12.4. The zero-order valence-electron chi connectivity index (χ0n) is 13.1. The van der Waals surface area contributed by atoms with E-state index in [1.54, 1.807) is 48.5 Å². The van der Waals surface area contributed by atoms with Crippen molar-refractivity contribution in [2.45, 2.75) is 6.10 Å². The summed E-state index contributed by atoms with van der Waals surface area (Å²) < 4.78 is 0. The van der Waals surface area contributed by atoms with E-state index in [-0.39, 0.29) is 6.54 Å². The number of nitriles is 1. The van der Waals surface area contributed by atoms with Gasteiger partial charge in [0, 0.05) is 18.2 Å². The second-order valence-corrected chi connectivity index (χ2v) is 5.04. The van der Waals surface area contributed by atoms with Crippen LogP contribution in [0.5, 0.6) is 0 Å². The van der Waals surface area contributed by atoms with Gasteiger partial charge in [-0.2, -0.15) is 5.26 Å². The fourth-order valence-corrected chi connectivity index (χ4v) is 2.28. The number of carbonyl (C=O) groups excluding carboxylic acids is 2. The molecule has 0 heterocycles. The third kappa shape index (κ3) is 3.77. The van der Waals surface area contributed by atoms with Crippen LogP contribution in [-0.4, -0.2) is 36.6 Å². The Balaban J connectivity index is 2.28. The minimum Gasteiger partial charge on any atom is -0.381 e. The van der Waals surface area contributed by atoms with Crippen molar-refractivity contribution in [3.8, 4) is 17.2 Å². The first kappa shape index (κ1) is 17.2.